The van der Waals surface area contributed by atoms with Gasteiger partial charge in [-0.05, 0) is 20.8 Å². The summed E-state index contributed by atoms with van der Waals surface area (Å²) in [5.74, 6) is 0.683. The predicted molar refractivity (Wildman–Crippen MR) is 92.0 cm³/mol. The molecule has 136 valence electrons. The molecule has 1 amide bonds. The molecule has 9 heteroatoms. The number of rotatable bonds is 6. The van der Waals surface area contributed by atoms with Crippen LogP contribution in [-0.2, 0) is 16.1 Å². The van der Waals surface area contributed by atoms with Gasteiger partial charge in [0, 0.05) is 25.2 Å². The average Bonchev–Trinajstić information content (AvgIpc) is 3.26. The van der Waals surface area contributed by atoms with Crippen molar-refractivity contribution in [3.8, 4) is 0 Å². The van der Waals surface area contributed by atoms with Gasteiger partial charge in [0.15, 0.2) is 0 Å². The topological polar surface area (TPSA) is 90.1 Å². The normalized spacial score (nSPS) is 19.9. The van der Waals surface area contributed by atoms with Crippen LogP contribution in [0.15, 0.2) is 24.9 Å². The summed E-state index contributed by atoms with van der Waals surface area (Å²) in [5.41, 5.74) is 0. The number of amides is 1. The van der Waals surface area contributed by atoms with Gasteiger partial charge in [-0.1, -0.05) is 0 Å². The van der Waals surface area contributed by atoms with E-state index in [0.29, 0.717) is 19.7 Å². The largest absolute Gasteiger partial charge is 0.374 e. The van der Waals surface area contributed by atoms with Gasteiger partial charge < -0.3 is 10.1 Å². The van der Waals surface area contributed by atoms with Crippen molar-refractivity contribution < 1.29 is 9.53 Å². The fourth-order valence-corrected chi connectivity index (χ4v) is 2.96. The van der Waals surface area contributed by atoms with E-state index in [0.717, 1.165) is 12.4 Å². The molecule has 0 unspecified atom stereocenters. The first-order valence-electron chi connectivity index (χ1n) is 8.57. The maximum atomic E-state index is 12.6. The van der Waals surface area contributed by atoms with E-state index >= 15 is 0 Å². The number of morpholine rings is 1. The van der Waals surface area contributed by atoms with Crippen LogP contribution in [0.25, 0.3) is 0 Å². The molecular formula is C16H25N7O2. The highest BCUT2D eigenvalue weighted by Crippen LogP contribution is 2.16. The summed E-state index contributed by atoms with van der Waals surface area (Å²) in [4.78, 5) is 18.7. The Morgan fingerprint density at radius 1 is 1.40 bits per heavy atom. The number of nitrogens with zero attached hydrogens (tertiary/aromatic N) is 6. The molecule has 3 heterocycles. The van der Waals surface area contributed by atoms with Gasteiger partial charge in [-0.2, -0.15) is 10.2 Å². The maximum Gasteiger partial charge on any atom is 0.242 e. The Kier molecular flexibility index (Phi) is 5.44. The summed E-state index contributed by atoms with van der Waals surface area (Å²) in [7, 11) is 0. The summed E-state index contributed by atoms with van der Waals surface area (Å²) in [5, 5.41) is 11.3. The number of hydrogen-bond acceptors (Lipinski definition) is 6. The van der Waals surface area contributed by atoms with Crippen LogP contribution in [0.5, 0.6) is 0 Å². The summed E-state index contributed by atoms with van der Waals surface area (Å²) < 4.78 is 9.34. The van der Waals surface area contributed by atoms with E-state index in [2.05, 4.69) is 25.4 Å². The molecule has 1 aliphatic heterocycles. The minimum absolute atomic E-state index is 0.00751. The van der Waals surface area contributed by atoms with Crippen molar-refractivity contribution in [3.63, 3.8) is 0 Å². The second-order valence-electron chi connectivity index (χ2n) is 6.53. The number of hydrogen-bond donors (Lipinski definition) is 1. The van der Waals surface area contributed by atoms with Crippen molar-refractivity contribution in [3.05, 3.63) is 24.9 Å². The molecule has 0 aromatic carbocycles. The minimum Gasteiger partial charge on any atom is -0.374 e. The first kappa shape index (κ1) is 17.6. The highest BCUT2D eigenvalue weighted by molar-refractivity contribution is 5.93. The molecule has 1 aliphatic rings. The highest BCUT2D eigenvalue weighted by Gasteiger charge is 2.28. The van der Waals surface area contributed by atoms with Gasteiger partial charge in [0.2, 0.25) is 5.91 Å². The Morgan fingerprint density at radius 3 is 2.96 bits per heavy atom. The first-order valence-corrected chi connectivity index (χ1v) is 8.57. The fraction of sp³-hybridized carbons (Fsp3) is 0.625. The molecule has 9 nitrogen and oxygen atoms in total. The quantitative estimate of drug-likeness (QED) is 0.831. The summed E-state index contributed by atoms with van der Waals surface area (Å²) in [6, 6.07) is 1.76. The molecule has 3 rings (SSSR count). The molecule has 2 aromatic rings. The number of ether oxygens (including phenoxy) is 1. The monoisotopic (exact) mass is 347 g/mol. The van der Waals surface area contributed by atoms with Crippen LogP contribution in [0.4, 0.5) is 5.82 Å². The Labute approximate surface area is 147 Å². The van der Waals surface area contributed by atoms with Crippen molar-refractivity contribution >= 4 is 11.7 Å². The Hall–Kier alpha value is -2.26. The van der Waals surface area contributed by atoms with E-state index in [9.17, 15) is 4.79 Å². The van der Waals surface area contributed by atoms with Crippen LogP contribution in [0.3, 0.4) is 0 Å². The third kappa shape index (κ3) is 4.23. The standard InChI is InChI=1S/C16H25N7O2/c1-12(2)23-15(4-5-18-23)20-16(24)13(3)21-6-7-25-14(8-21)9-22-11-17-10-19-22/h4-5,10-14H,6-9H2,1-3H3,(H,20,24)/t13-,14+/m0/s1. The molecule has 0 aliphatic carbocycles. The third-order valence-electron chi connectivity index (χ3n) is 4.37. The van der Waals surface area contributed by atoms with Crippen LogP contribution >= 0.6 is 0 Å². The van der Waals surface area contributed by atoms with Crippen molar-refractivity contribution in [2.75, 3.05) is 25.0 Å². The smallest absolute Gasteiger partial charge is 0.242 e. The predicted octanol–water partition coefficient (Wildman–Crippen LogP) is 0.783. The van der Waals surface area contributed by atoms with Gasteiger partial charge >= 0.3 is 0 Å². The second kappa shape index (κ2) is 7.75. The number of aromatic nitrogens is 5. The zero-order chi connectivity index (χ0) is 17.8. The zero-order valence-corrected chi connectivity index (χ0v) is 14.9. The Balaban J connectivity index is 1.58. The van der Waals surface area contributed by atoms with Gasteiger partial charge in [-0.3, -0.25) is 14.4 Å². The number of anilines is 1. The average molecular weight is 347 g/mol. The minimum atomic E-state index is -0.252. The SMILES string of the molecule is CC(C)n1nccc1NC(=O)[C@H](C)N1CCO[C@@H](Cn2cncn2)C1. The molecule has 0 spiro atoms. The highest BCUT2D eigenvalue weighted by atomic mass is 16.5. The van der Waals surface area contributed by atoms with Gasteiger partial charge in [0.25, 0.3) is 0 Å². The van der Waals surface area contributed by atoms with Crippen LogP contribution < -0.4 is 5.32 Å². The van der Waals surface area contributed by atoms with E-state index < -0.39 is 0 Å². The summed E-state index contributed by atoms with van der Waals surface area (Å²) in [6.07, 6.45) is 4.87. The lowest BCUT2D eigenvalue weighted by Crippen LogP contribution is -2.51. The van der Waals surface area contributed by atoms with Crippen LogP contribution in [-0.4, -0.2) is 67.2 Å². The number of nitrogens with one attached hydrogen (secondary N) is 1. The Morgan fingerprint density at radius 2 is 2.24 bits per heavy atom. The van der Waals surface area contributed by atoms with Gasteiger partial charge in [0.05, 0.1) is 31.5 Å². The maximum absolute atomic E-state index is 12.6. The lowest BCUT2D eigenvalue weighted by molar-refractivity contribution is -0.124. The van der Waals surface area contributed by atoms with Crippen LogP contribution in [0.1, 0.15) is 26.8 Å². The lowest BCUT2D eigenvalue weighted by atomic mass is 10.2. The van der Waals surface area contributed by atoms with Crippen LogP contribution in [0, 0.1) is 0 Å². The number of carbonyl (C=O) groups excluding carboxylic acids is 1. The molecule has 25 heavy (non-hydrogen) atoms. The van der Waals surface area contributed by atoms with Crippen LogP contribution in [0.2, 0.25) is 0 Å². The van der Waals surface area contributed by atoms with Gasteiger partial charge in [-0.15, -0.1) is 0 Å². The van der Waals surface area contributed by atoms with E-state index in [-0.39, 0.29) is 24.1 Å². The summed E-state index contributed by atoms with van der Waals surface area (Å²) in [6.45, 7) is 8.62. The summed E-state index contributed by atoms with van der Waals surface area (Å²) >= 11 is 0. The van der Waals surface area contributed by atoms with Crippen molar-refractivity contribution in [2.24, 2.45) is 0 Å². The van der Waals surface area contributed by atoms with E-state index in [1.807, 2.05) is 26.8 Å². The fourth-order valence-electron chi connectivity index (χ4n) is 2.96. The molecule has 0 bridgehead atoms. The zero-order valence-electron chi connectivity index (χ0n) is 14.9. The number of carbonyl (C=O) groups is 1. The molecular weight excluding hydrogens is 322 g/mol. The molecule has 0 radical (unpaired) electrons. The molecule has 1 N–H and O–H groups in total. The van der Waals surface area contributed by atoms with E-state index in [1.165, 1.54) is 6.33 Å². The van der Waals surface area contributed by atoms with E-state index in [4.69, 9.17) is 4.74 Å². The molecule has 2 atom stereocenters. The van der Waals surface area contributed by atoms with Gasteiger partial charge in [0.1, 0.15) is 18.5 Å². The van der Waals surface area contributed by atoms with E-state index in [1.54, 1.807) is 21.9 Å². The van der Waals surface area contributed by atoms with Gasteiger partial charge in [-0.25, -0.2) is 9.67 Å². The Bertz CT molecular complexity index is 682. The third-order valence-corrected chi connectivity index (χ3v) is 4.37. The van der Waals surface area contributed by atoms with Crippen molar-refractivity contribution in [1.82, 2.24) is 29.4 Å². The first-order chi connectivity index (χ1) is 12.0. The molecule has 1 saturated heterocycles. The molecule has 1 fully saturated rings. The second-order valence-corrected chi connectivity index (χ2v) is 6.53. The molecule has 2 aromatic heterocycles. The lowest BCUT2D eigenvalue weighted by Gasteiger charge is -2.36. The molecule has 0 saturated carbocycles. The van der Waals surface area contributed by atoms with Crippen molar-refractivity contribution in [1.29, 1.82) is 0 Å². The van der Waals surface area contributed by atoms with Crippen molar-refractivity contribution in [2.45, 2.75) is 45.5 Å².